The van der Waals surface area contributed by atoms with Gasteiger partial charge < -0.3 is 10.6 Å². The molecule has 0 aromatic carbocycles. The van der Waals surface area contributed by atoms with E-state index in [1.807, 2.05) is 0 Å². The number of carbonyl (C=O) groups excluding carboxylic acids is 1. The van der Waals surface area contributed by atoms with Crippen LogP contribution in [0.15, 0.2) is 0 Å². The number of nitrogens with two attached hydrogens (primary N) is 1. The molecule has 4 unspecified atom stereocenters. The summed E-state index contributed by atoms with van der Waals surface area (Å²) in [5.74, 6) is 1.68. The standard InChI is InChI=1S/C17H32N2O/c1-5-13-7-6-10-19(11-13)16(20)14-8-9-15(18)12(2)17(14,3)4/h12-15H,5-11,18H2,1-4H3. The van der Waals surface area contributed by atoms with E-state index in [0.29, 0.717) is 17.7 Å². The summed E-state index contributed by atoms with van der Waals surface area (Å²) >= 11 is 0. The van der Waals surface area contributed by atoms with E-state index in [1.54, 1.807) is 0 Å². The Labute approximate surface area is 124 Å². The maximum atomic E-state index is 13.0. The Morgan fingerprint density at radius 3 is 2.65 bits per heavy atom. The minimum Gasteiger partial charge on any atom is -0.342 e. The molecule has 1 aliphatic heterocycles. The first-order chi connectivity index (χ1) is 9.37. The lowest BCUT2D eigenvalue weighted by atomic mass is 9.60. The molecule has 1 saturated heterocycles. The van der Waals surface area contributed by atoms with Crippen molar-refractivity contribution in [2.24, 2.45) is 28.9 Å². The molecule has 4 atom stereocenters. The van der Waals surface area contributed by atoms with Crippen molar-refractivity contribution in [2.45, 2.75) is 65.8 Å². The van der Waals surface area contributed by atoms with Crippen LogP contribution in [0.1, 0.15) is 59.8 Å². The fourth-order valence-electron chi connectivity index (χ4n) is 4.11. The molecule has 3 heteroatoms. The molecule has 20 heavy (non-hydrogen) atoms. The van der Waals surface area contributed by atoms with Crippen LogP contribution >= 0.6 is 0 Å². The predicted octanol–water partition coefficient (Wildman–Crippen LogP) is 3.03. The lowest BCUT2D eigenvalue weighted by molar-refractivity contribution is -0.145. The molecule has 2 aliphatic rings. The molecule has 1 heterocycles. The second-order valence-corrected chi connectivity index (χ2v) is 7.60. The molecule has 0 bridgehead atoms. The lowest BCUT2D eigenvalue weighted by Gasteiger charge is -2.48. The van der Waals surface area contributed by atoms with Gasteiger partial charge in [-0.25, -0.2) is 0 Å². The van der Waals surface area contributed by atoms with E-state index in [0.717, 1.165) is 25.9 Å². The number of nitrogens with zero attached hydrogens (tertiary/aromatic N) is 1. The largest absolute Gasteiger partial charge is 0.342 e. The summed E-state index contributed by atoms with van der Waals surface area (Å²) in [6.07, 6.45) is 5.61. The third-order valence-electron chi connectivity index (χ3n) is 6.21. The quantitative estimate of drug-likeness (QED) is 0.845. The highest BCUT2D eigenvalue weighted by molar-refractivity contribution is 5.80. The minimum atomic E-state index is 0.0217. The normalized spacial score (nSPS) is 37.8. The van der Waals surface area contributed by atoms with E-state index in [9.17, 15) is 4.79 Å². The van der Waals surface area contributed by atoms with Gasteiger partial charge >= 0.3 is 0 Å². The second-order valence-electron chi connectivity index (χ2n) is 7.60. The first kappa shape index (κ1) is 15.8. The minimum absolute atomic E-state index is 0.0217. The van der Waals surface area contributed by atoms with Crippen LogP contribution in [0, 0.1) is 23.2 Å². The third kappa shape index (κ3) is 2.88. The summed E-state index contributed by atoms with van der Waals surface area (Å²) in [6, 6.07) is 0.249. The van der Waals surface area contributed by atoms with Gasteiger partial charge in [0.25, 0.3) is 0 Å². The molecule has 2 N–H and O–H groups in total. The molecular formula is C17H32N2O. The van der Waals surface area contributed by atoms with Gasteiger partial charge in [-0.05, 0) is 42.9 Å². The Kier molecular flexibility index (Phi) is 4.78. The summed E-state index contributed by atoms with van der Waals surface area (Å²) in [7, 11) is 0. The summed E-state index contributed by atoms with van der Waals surface area (Å²) in [5, 5.41) is 0. The Bertz CT molecular complexity index is 353. The Hall–Kier alpha value is -0.570. The third-order valence-corrected chi connectivity index (χ3v) is 6.21. The molecule has 2 fully saturated rings. The smallest absolute Gasteiger partial charge is 0.226 e. The van der Waals surface area contributed by atoms with Crippen molar-refractivity contribution < 1.29 is 4.79 Å². The van der Waals surface area contributed by atoms with Crippen molar-refractivity contribution in [3.63, 3.8) is 0 Å². The highest BCUT2D eigenvalue weighted by Crippen LogP contribution is 2.45. The number of amides is 1. The molecule has 0 radical (unpaired) electrons. The van der Waals surface area contributed by atoms with Crippen molar-refractivity contribution in [1.29, 1.82) is 0 Å². The van der Waals surface area contributed by atoms with Crippen molar-refractivity contribution in [2.75, 3.05) is 13.1 Å². The predicted molar refractivity (Wildman–Crippen MR) is 83.2 cm³/mol. The summed E-state index contributed by atoms with van der Waals surface area (Å²) in [5.41, 5.74) is 6.24. The van der Waals surface area contributed by atoms with E-state index in [1.165, 1.54) is 19.3 Å². The maximum Gasteiger partial charge on any atom is 0.226 e. The van der Waals surface area contributed by atoms with Gasteiger partial charge in [0.2, 0.25) is 5.91 Å². The zero-order valence-electron chi connectivity index (χ0n) is 13.7. The molecule has 1 saturated carbocycles. The summed E-state index contributed by atoms with van der Waals surface area (Å²) in [4.78, 5) is 15.1. The number of piperidine rings is 1. The van der Waals surface area contributed by atoms with Gasteiger partial charge in [-0.3, -0.25) is 4.79 Å². The van der Waals surface area contributed by atoms with Crippen LogP contribution in [0.2, 0.25) is 0 Å². The molecule has 0 aromatic rings. The van der Waals surface area contributed by atoms with Crippen molar-refractivity contribution in [1.82, 2.24) is 4.90 Å². The first-order valence-electron chi connectivity index (χ1n) is 8.42. The average Bonchev–Trinajstić information content (AvgIpc) is 2.44. The van der Waals surface area contributed by atoms with Gasteiger partial charge in [-0.2, -0.15) is 0 Å². The Morgan fingerprint density at radius 1 is 1.30 bits per heavy atom. The molecular weight excluding hydrogens is 248 g/mol. The van der Waals surface area contributed by atoms with Crippen LogP contribution in [-0.2, 0) is 4.79 Å². The molecule has 1 amide bonds. The monoisotopic (exact) mass is 280 g/mol. The Balaban J connectivity index is 2.08. The van der Waals surface area contributed by atoms with Crippen molar-refractivity contribution in [3.05, 3.63) is 0 Å². The molecule has 116 valence electrons. The number of hydrogen-bond acceptors (Lipinski definition) is 2. The average molecular weight is 280 g/mol. The van der Waals surface area contributed by atoms with Crippen molar-refractivity contribution >= 4 is 5.91 Å². The summed E-state index contributed by atoms with van der Waals surface area (Å²) in [6.45, 7) is 10.9. The van der Waals surface area contributed by atoms with Crippen LogP contribution in [0.25, 0.3) is 0 Å². The number of rotatable bonds is 2. The van der Waals surface area contributed by atoms with Gasteiger partial charge in [0.05, 0.1) is 0 Å². The van der Waals surface area contributed by atoms with Crippen LogP contribution in [0.5, 0.6) is 0 Å². The van der Waals surface area contributed by atoms with E-state index < -0.39 is 0 Å². The van der Waals surface area contributed by atoms with Crippen LogP contribution in [-0.4, -0.2) is 29.9 Å². The first-order valence-corrected chi connectivity index (χ1v) is 8.42. The molecule has 0 spiro atoms. The molecule has 0 aromatic heterocycles. The van der Waals surface area contributed by atoms with Gasteiger partial charge in [0.15, 0.2) is 0 Å². The van der Waals surface area contributed by atoms with E-state index in [2.05, 4.69) is 32.6 Å². The fourth-order valence-corrected chi connectivity index (χ4v) is 4.11. The van der Waals surface area contributed by atoms with Crippen molar-refractivity contribution in [3.8, 4) is 0 Å². The van der Waals surface area contributed by atoms with Crippen LogP contribution < -0.4 is 5.73 Å². The number of carbonyl (C=O) groups is 1. The molecule has 3 nitrogen and oxygen atoms in total. The zero-order valence-corrected chi connectivity index (χ0v) is 13.7. The van der Waals surface area contributed by atoms with Gasteiger partial charge in [-0.1, -0.05) is 34.1 Å². The zero-order chi connectivity index (χ0) is 14.9. The second kappa shape index (κ2) is 6.05. The fraction of sp³-hybridized carbons (Fsp3) is 0.941. The lowest BCUT2D eigenvalue weighted by Crippen LogP contribution is -2.53. The van der Waals surface area contributed by atoms with Crippen LogP contribution in [0.3, 0.4) is 0 Å². The maximum absolute atomic E-state index is 13.0. The topological polar surface area (TPSA) is 46.3 Å². The number of likely N-dealkylation sites (tertiary alicyclic amines) is 1. The highest BCUT2D eigenvalue weighted by Gasteiger charge is 2.46. The van der Waals surface area contributed by atoms with Gasteiger partial charge in [0, 0.05) is 25.0 Å². The van der Waals surface area contributed by atoms with E-state index in [-0.39, 0.29) is 17.4 Å². The van der Waals surface area contributed by atoms with Gasteiger partial charge in [0.1, 0.15) is 0 Å². The molecule has 2 rings (SSSR count). The van der Waals surface area contributed by atoms with Crippen LogP contribution in [0.4, 0.5) is 0 Å². The highest BCUT2D eigenvalue weighted by atomic mass is 16.2. The van der Waals surface area contributed by atoms with Gasteiger partial charge in [-0.15, -0.1) is 0 Å². The summed E-state index contributed by atoms with van der Waals surface area (Å²) < 4.78 is 0. The van der Waals surface area contributed by atoms with E-state index in [4.69, 9.17) is 5.73 Å². The Morgan fingerprint density at radius 2 is 2.00 bits per heavy atom. The van der Waals surface area contributed by atoms with E-state index >= 15 is 0 Å². The number of hydrogen-bond donors (Lipinski definition) is 1. The SMILES string of the molecule is CCC1CCCN(C(=O)C2CCC(N)C(C)C2(C)C)C1. The molecule has 1 aliphatic carbocycles.